The molecule has 2 amide bonds. The van der Waals surface area contributed by atoms with Crippen molar-refractivity contribution in [3.05, 3.63) is 76.1 Å². The number of anilines is 1. The lowest BCUT2D eigenvalue weighted by molar-refractivity contribution is 0.0962. The zero-order chi connectivity index (χ0) is 17.1. The van der Waals surface area contributed by atoms with Crippen LogP contribution in [-0.2, 0) is 0 Å². The van der Waals surface area contributed by atoms with Crippen molar-refractivity contribution in [1.29, 1.82) is 0 Å². The maximum Gasteiger partial charge on any atom is 0.349 e. The van der Waals surface area contributed by atoms with Crippen LogP contribution in [0.25, 0.3) is 11.0 Å². The molecule has 6 heteroatoms. The van der Waals surface area contributed by atoms with Gasteiger partial charge in [-0.15, -0.1) is 0 Å². The van der Waals surface area contributed by atoms with Gasteiger partial charge in [0.15, 0.2) is 0 Å². The summed E-state index contributed by atoms with van der Waals surface area (Å²) in [7, 11) is 1.54. The summed E-state index contributed by atoms with van der Waals surface area (Å²) in [6.07, 6.45) is 0. The van der Waals surface area contributed by atoms with Gasteiger partial charge in [-0.2, -0.15) is 0 Å². The first kappa shape index (κ1) is 15.5. The van der Waals surface area contributed by atoms with Gasteiger partial charge in [0.25, 0.3) is 11.8 Å². The minimum Gasteiger partial charge on any atom is -0.422 e. The summed E-state index contributed by atoms with van der Waals surface area (Å²) in [5.74, 6) is -0.787. The van der Waals surface area contributed by atoms with Gasteiger partial charge in [0.2, 0.25) is 0 Å². The Hall–Kier alpha value is -3.41. The Morgan fingerprint density at radius 1 is 0.958 bits per heavy atom. The van der Waals surface area contributed by atoms with Crippen molar-refractivity contribution in [2.45, 2.75) is 0 Å². The Kier molecular flexibility index (Phi) is 4.11. The van der Waals surface area contributed by atoms with Gasteiger partial charge in [-0.1, -0.05) is 18.2 Å². The van der Waals surface area contributed by atoms with Crippen LogP contribution in [-0.4, -0.2) is 18.9 Å². The summed E-state index contributed by atoms with van der Waals surface area (Å²) in [4.78, 5) is 35.8. The monoisotopic (exact) mass is 322 g/mol. The molecule has 1 aromatic heterocycles. The van der Waals surface area contributed by atoms with Crippen LogP contribution in [0, 0.1) is 0 Å². The van der Waals surface area contributed by atoms with Gasteiger partial charge < -0.3 is 15.1 Å². The van der Waals surface area contributed by atoms with Crippen LogP contribution in [0.15, 0.2) is 63.8 Å². The molecule has 0 bridgehead atoms. The highest BCUT2D eigenvalue weighted by atomic mass is 16.4. The highest BCUT2D eigenvalue weighted by Gasteiger charge is 2.14. The average Bonchev–Trinajstić information content (AvgIpc) is 2.61. The minimum atomic E-state index is -0.701. The van der Waals surface area contributed by atoms with E-state index in [9.17, 15) is 14.4 Å². The molecule has 0 atom stereocenters. The lowest BCUT2D eigenvalue weighted by atomic mass is 10.1. The number of fused-ring (bicyclic) bond motifs is 1. The zero-order valence-corrected chi connectivity index (χ0v) is 12.8. The molecule has 0 aliphatic rings. The Labute approximate surface area is 137 Å². The zero-order valence-electron chi connectivity index (χ0n) is 12.8. The van der Waals surface area contributed by atoms with Crippen molar-refractivity contribution in [3.8, 4) is 0 Å². The highest BCUT2D eigenvalue weighted by Crippen LogP contribution is 2.15. The fourth-order valence-electron chi connectivity index (χ4n) is 2.27. The van der Waals surface area contributed by atoms with Crippen molar-refractivity contribution in [3.63, 3.8) is 0 Å². The molecule has 0 spiro atoms. The number of benzene rings is 2. The number of rotatable bonds is 3. The van der Waals surface area contributed by atoms with Gasteiger partial charge >= 0.3 is 5.63 Å². The molecule has 0 unspecified atom stereocenters. The second-order valence-electron chi connectivity index (χ2n) is 5.10. The van der Waals surface area contributed by atoms with Crippen molar-refractivity contribution in [2.75, 3.05) is 12.4 Å². The van der Waals surface area contributed by atoms with Crippen molar-refractivity contribution in [2.24, 2.45) is 0 Å². The summed E-state index contributed by atoms with van der Waals surface area (Å²) >= 11 is 0. The fraction of sp³-hybridized carbons (Fsp3) is 0.0556. The van der Waals surface area contributed by atoms with Gasteiger partial charge in [-0.3, -0.25) is 9.59 Å². The third kappa shape index (κ3) is 3.03. The van der Waals surface area contributed by atoms with Crippen LogP contribution in [0.5, 0.6) is 0 Å². The molecule has 24 heavy (non-hydrogen) atoms. The van der Waals surface area contributed by atoms with Gasteiger partial charge in [0, 0.05) is 23.7 Å². The maximum absolute atomic E-state index is 12.3. The van der Waals surface area contributed by atoms with Gasteiger partial charge in [-0.25, -0.2) is 4.79 Å². The largest absolute Gasteiger partial charge is 0.422 e. The second kappa shape index (κ2) is 6.37. The standard InChI is InChI=1S/C18H14N2O4/c1-19-16(21)11-6-8-13(9-7-11)20-17(22)14-10-12-4-2-3-5-15(12)24-18(14)23/h2-10H,1H3,(H,19,21)(H,20,22). The molecule has 6 nitrogen and oxygen atoms in total. The number of hydrogen-bond acceptors (Lipinski definition) is 4. The van der Waals surface area contributed by atoms with Crippen molar-refractivity contribution < 1.29 is 14.0 Å². The van der Waals surface area contributed by atoms with E-state index < -0.39 is 11.5 Å². The molecular weight excluding hydrogens is 308 g/mol. The molecule has 0 fully saturated rings. The topological polar surface area (TPSA) is 88.4 Å². The highest BCUT2D eigenvalue weighted by molar-refractivity contribution is 6.05. The molecule has 0 saturated heterocycles. The van der Waals surface area contributed by atoms with E-state index in [0.29, 0.717) is 22.2 Å². The van der Waals surface area contributed by atoms with E-state index in [1.165, 1.54) is 13.1 Å². The van der Waals surface area contributed by atoms with Gasteiger partial charge in [0.1, 0.15) is 11.1 Å². The number of carbonyl (C=O) groups is 2. The molecular formula is C18H14N2O4. The number of para-hydroxylation sites is 1. The Morgan fingerprint density at radius 3 is 2.38 bits per heavy atom. The number of nitrogens with one attached hydrogen (secondary N) is 2. The minimum absolute atomic E-state index is 0.0796. The molecule has 120 valence electrons. The lowest BCUT2D eigenvalue weighted by Crippen LogP contribution is -2.21. The molecule has 0 radical (unpaired) electrons. The Bertz CT molecular complexity index is 974. The van der Waals surface area contributed by atoms with Crippen LogP contribution < -0.4 is 16.3 Å². The number of hydrogen-bond donors (Lipinski definition) is 2. The van der Waals surface area contributed by atoms with Gasteiger partial charge in [-0.05, 0) is 36.4 Å². The average molecular weight is 322 g/mol. The third-order valence-corrected chi connectivity index (χ3v) is 3.52. The predicted molar refractivity (Wildman–Crippen MR) is 90.3 cm³/mol. The van der Waals surface area contributed by atoms with E-state index in [2.05, 4.69) is 10.6 Å². The number of amides is 2. The first-order valence-corrected chi connectivity index (χ1v) is 7.25. The molecule has 3 aromatic rings. The van der Waals surface area contributed by atoms with Crippen molar-refractivity contribution >= 4 is 28.5 Å². The van der Waals surface area contributed by atoms with E-state index in [1.54, 1.807) is 48.5 Å². The first-order chi connectivity index (χ1) is 11.6. The van der Waals surface area contributed by atoms with Crippen LogP contribution >= 0.6 is 0 Å². The predicted octanol–water partition coefficient (Wildman–Crippen LogP) is 2.40. The lowest BCUT2D eigenvalue weighted by Gasteiger charge is -2.06. The number of carbonyl (C=O) groups excluding carboxylic acids is 2. The van der Waals surface area contributed by atoms with Crippen LogP contribution in [0.2, 0.25) is 0 Å². The van der Waals surface area contributed by atoms with Crippen LogP contribution in [0.4, 0.5) is 5.69 Å². The Balaban J connectivity index is 1.86. The molecule has 3 rings (SSSR count). The quantitative estimate of drug-likeness (QED) is 0.725. The van der Waals surface area contributed by atoms with Crippen molar-refractivity contribution in [1.82, 2.24) is 5.32 Å². The molecule has 1 heterocycles. The molecule has 2 aromatic carbocycles. The smallest absolute Gasteiger partial charge is 0.349 e. The molecule has 0 aliphatic carbocycles. The summed E-state index contributed by atoms with van der Waals surface area (Å²) < 4.78 is 5.15. The summed E-state index contributed by atoms with van der Waals surface area (Å²) in [6.45, 7) is 0. The molecule has 2 N–H and O–H groups in total. The van der Waals surface area contributed by atoms with E-state index in [1.807, 2.05) is 0 Å². The fourth-order valence-corrected chi connectivity index (χ4v) is 2.27. The second-order valence-corrected chi connectivity index (χ2v) is 5.10. The van der Waals surface area contributed by atoms with Crippen LogP contribution in [0.3, 0.4) is 0 Å². The van der Waals surface area contributed by atoms with E-state index in [0.717, 1.165) is 0 Å². The maximum atomic E-state index is 12.3. The summed E-state index contributed by atoms with van der Waals surface area (Å²) in [6, 6.07) is 14.8. The normalized spacial score (nSPS) is 10.4. The van der Waals surface area contributed by atoms with E-state index in [-0.39, 0.29) is 11.5 Å². The Morgan fingerprint density at radius 2 is 1.67 bits per heavy atom. The summed E-state index contributed by atoms with van der Waals surface area (Å²) in [5, 5.41) is 5.79. The first-order valence-electron chi connectivity index (χ1n) is 7.25. The summed E-state index contributed by atoms with van der Waals surface area (Å²) in [5.41, 5.74) is 0.590. The van der Waals surface area contributed by atoms with Gasteiger partial charge in [0.05, 0.1) is 0 Å². The van der Waals surface area contributed by atoms with E-state index >= 15 is 0 Å². The third-order valence-electron chi connectivity index (χ3n) is 3.52. The molecule has 0 saturated carbocycles. The van der Waals surface area contributed by atoms with E-state index in [4.69, 9.17) is 4.42 Å². The SMILES string of the molecule is CNC(=O)c1ccc(NC(=O)c2cc3ccccc3oc2=O)cc1. The molecule has 0 aliphatic heterocycles. The van der Waals surface area contributed by atoms with Crippen LogP contribution in [0.1, 0.15) is 20.7 Å².